The van der Waals surface area contributed by atoms with Gasteiger partial charge in [0.05, 0.1) is 18.7 Å². The monoisotopic (exact) mass is 414 g/mol. The molecule has 0 aromatic heterocycles. The van der Waals surface area contributed by atoms with Crippen LogP contribution in [0.25, 0.3) is 0 Å². The fourth-order valence-electron chi connectivity index (χ4n) is 3.24. The lowest BCUT2D eigenvalue weighted by molar-refractivity contribution is -0.136. The van der Waals surface area contributed by atoms with Crippen LogP contribution in [0.5, 0.6) is 5.75 Å². The number of nitrogens with one attached hydrogen (secondary N) is 2. The van der Waals surface area contributed by atoms with Crippen LogP contribution in [-0.4, -0.2) is 19.1 Å². The van der Waals surface area contributed by atoms with Gasteiger partial charge in [-0.2, -0.15) is 0 Å². The molecule has 29 heavy (non-hydrogen) atoms. The minimum Gasteiger partial charge on any atom is -0.489 e. The maximum Gasteiger partial charge on any atom is 0.337 e. The number of benzene rings is 2. The lowest BCUT2D eigenvalue weighted by Crippen LogP contribution is -2.45. The van der Waals surface area contributed by atoms with E-state index >= 15 is 0 Å². The fraction of sp³-hybridized carbons (Fsp3) is 0.273. The molecule has 0 aliphatic carbocycles. The Labute approximate surface area is 174 Å². The Morgan fingerprint density at radius 2 is 1.97 bits per heavy atom. The third-order valence-corrected chi connectivity index (χ3v) is 4.78. The fourth-order valence-corrected chi connectivity index (χ4v) is 3.46. The summed E-state index contributed by atoms with van der Waals surface area (Å²) in [7, 11) is 1.33. The van der Waals surface area contributed by atoms with Crippen molar-refractivity contribution < 1.29 is 19.1 Å². The number of rotatable bonds is 7. The molecule has 1 unspecified atom stereocenters. The maximum absolute atomic E-state index is 12.5. The summed E-state index contributed by atoms with van der Waals surface area (Å²) >= 11 is 6.02. The largest absolute Gasteiger partial charge is 0.489 e. The highest BCUT2D eigenvalue weighted by atomic mass is 35.5. The van der Waals surface area contributed by atoms with E-state index < -0.39 is 12.0 Å². The molecule has 1 aliphatic heterocycles. The number of carbonyl (C=O) groups is 2. The number of carbonyl (C=O) groups excluding carboxylic acids is 2. The first-order valence-electron chi connectivity index (χ1n) is 9.38. The van der Waals surface area contributed by atoms with Crippen LogP contribution in [0, 0.1) is 0 Å². The first-order chi connectivity index (χ1) is 14.0. The topological polar surface area (TPSA) is 76.7 Å². The standard InChI is InChI=1S/C22H23ClN2O4/c1-3-6-18-19(21(26)28-2)20(25-22(27)24-18)15-8-5-10-17(12-15)29-13-14-7-4-9-16(23)11-14/h4-5,7-12,20H,3,6,13H2,1-2H3,(H2,24,25,27). The molecular formula is C22H23ClN2O4. The molecule has 7 heteroatoms. The molecule has 2 aromatic rings. The summed E-state index contributed by atoms with van der Waals surface area (Å²) in [5.41, 5.74) is 2.66. The second kappa shape index (κ2) is 9.47. The summed E-state index contributed by atoms with van der Waals surface area (Å²) in [5, 5.41) is 6.19. The molecule has 0 bridgehead atoms. The van der Waals surface area contributed by atoms with E-state index in [1.54, 1.807) is 6.07 Å². The summed E-state index contributed by atoms with van der Waals surface area (Å²) in [4.78, 5) is 24.6. The van der Waals surface area contributed by atoms with Crippen LogP contribution in [-0.2, 0) is 16.1 Å². The van der Waals surface area contributed by atoms with Gasteiger partial charge in [-0.15, -0.1) is 0 Å². The number of hydrogen-bond acceptors (Lipinski definition) is 4. The number of halogens is 1. The number of methoxy groups -OCH3 is 1. The molecule has 2 N–H and O–H groups in total. The van der Waals surface area contributed by atoms with Gasteiger partial charge in [0, 0.05) is 10.7 Å². The zero-order chi connectivity index (χ0) is 20.8. The number of amides is 2. The Kier molecular flexibility index (Phi) is 6.77. The molecule has 0 radical (unpaired) electrons. The smallest absolute Gasteiger partial charge is 0.337 e. The van der Waals surface area contributed by atoms with Gasteiger partial charge in [-0.1, -0.05) is 49.2 Å². The number of esters is 1. The van der Waals surface area contributed by atoms with Crippen molar-refractivity contribution >= 4 is 23.6 Å². The molecule has 6 nitrogen and oxygen atoms in total. The molecular weight excluding hydrogens is 392 g/mol. The molecule has 2 aromatic carbocycles. The van der Waals surface area contributed by atoms with Crippen molar-refractivity contribution in [3.8, 4) is 5.75 Å². The van der Waals surface area contributed by atoms with Crippen molar-refractivity contribution in [3.05, 3.63) is 76.0 Å². The Hall–Kier alpha value is -2.99. The van der Waals surface area contributed by atoms with E-state index in [1.807, 2.05) is 49.4 Å². The van der Waals surface area contributed by atoms with Crippen LogP contribution in [0.1, 0.15) is 36.9 Å². The number of allylic oxidation sites excluding steroid dienone is 1. The summed E-state index contributed by atoms with van der Waals surface area (Å²) in [6.45, 7) is 2.33. The highest BCUT2D eigenvalue weighted by molar-refractivity contribution is 6.30. The van der Waals surface area contributed by atoms with E-state index in [1.165, 1.54) is 7.11 Å². The van der Waals surface area contributed by atoms with E-state index in [0.29, 0.717) is 35.1 Å². The highest BCUT2D eigenvalue weighted by Crippen LogP contribution is 2.31. The van der Waals surface area contributed by atoms with Crippen molar-refractivity contribution in [2.75, 3.05) is 7.11 Å². The number of urea groups is 1. The van der Waals surface area contributed by atoms with Gasteiger partial charge in [0.2, 0.25) is 0 Å². The highest BCUT2D eigenvalue weighted by Gasteiger charge is 2.33. The average molecular weight is 415 g/mol. The van der Waals surface area contributed by atoms with Gasteiger partial charge >= 0.3 is 12.0 Å². The van der Waals surface area contributed by atoms with Crippen LogP contribution < -0.4 is 15.4 Å². The lowest BCUT2D eigenvalue weighted by Gasteiger charge is -2.29. The Bertz CT molecular complexity index is 942. The third-order valence-electron chi connectivity index (χ3n) is 4.54. The van der Waals surface area contributed by atoms with Gasteiger partial charge in [0.25, 0.3) is 0 Å². The maximum atomic E-state index is 12.5. The Morgan fingerprint density at radius 1 is 1.17 bits per heavy atom. The van der Waals surface area contributed by atoms with Crippen molar-refractivity contribution in [3.63, 3.8) is 0 Å². The Balaban J connectivity index is 1.88. The van der Waals surface area contributed by atoms with Crippen LogP contribution in [0.4, 0.5) is 4.79 Å². The normalized spacial score (nSPS) is 16.1. The molecule has 0 saturated heterocycles. The molecule has 0 spiro atoms. The van der Waals surface area contributed by atoms with Crippen molar-refractivity contribution in [1.82, 2.24) is 10.6 Å². The van der Waals surface area contributed by atoms with Gasteiger partial charge in [-0.3, -0.25) is 0 Å². The van der Waals surface area contributed by atoms with E-state index in [9.17, 15) is 9.59 Å². The van der Waals surface area contributed by atoms with E-state index in [4.69, 9.17) is 21.1 Å². The predicted octanol–water partition coefficient (Wildman–Crippen LogP) is 4.50. The summed E-state index contributed by atoms with van der Waals surface area (Å²) < 4.78 is 10.9. The van der Waals surface area contributed by atoms with Gasteiger partial charge < -0.3 is 20.1 Å². The first-order valence-corrected chi connectivity index (χ1v) is 9.75. The molecule has 1 heterocycles. The van der Waals surface area contributed by atoms with Crippen LogP contribution in [0.3, 0.4) is 0 Å². The summed E-state index contributed by atoms with van der Waals surface area (Å²) in [6.07, 6.45) is 1.35. The first kappa shape index (κ1) is 20.7. The SMILES string of the molecule is CCCC1=C(C(=O)OC)C(c2cccc(OCc3cccc(Cl)c3)c2)NC(=O)N1. The lowest BCUT2D eigenvalue weighted by atomic mass is 9.93. The average Bonchev–Trinajstić information content (AvgIpc) is 2.72. The van der Waals surface area contributed by atoms with Gasteiger partial charge in [-0.05, 0) is 41.8 Å². The zero-order valence-corrected chi connectivity index (χ0v) is 17.1. The molecule has 1 aliphatic rings. The van der Waals surface area contributed by atoms with Gasteiger partial charge in [0.1, 0.15) is 12.4 Å². The van der Waals surface area contributed by atoms with Crippen LogP contribution >= 0.6 is 11.6 Å². The van der Waals surface area contributed by atoms with E-state index in [-0.39, 0.29) is 6.03 Å². The minimum absolute atomic E-state index is 0.351. The number of ether oxygens (including phenoxy) is 2. The van der Waals surface area contributed by atoms with Crippen LogP contribution in [0.15, 0.2) is 59.8 Å². The molecule has 152 valence electrons. The van der Waals surface area contributed by atoms with E-state index in [2.05, 4.69) is 10.6 Å². The third kappa shape index (κ3) is 5.09. The predicted molar refractivity (Wildman–Crippen MR) is 111 cm³/mol. The molecule has 0 saturated carbocycles. The van der Waals surface area contributed by atoms with Crippen molar-refractivity contribution in [2.24, 2.45) is 0 Å². The van der Waals surface area contributed by atoms with Gasteiger partial charge in [-0.25, -0.2) is 9.59 Å². The van der Waals surface area contributed by atoms with Crippen LogP contribution in [0.2, 0.25) is 5.02 Å². The second-order valence-electron chi connectivity index (χ2n) is 6.66. The molecule has 2 amide bonds. The van der Waals surface area contributed by atoms with Gasteiger partial charge in [0.15, 0.2) is 0 Å². The molecule has 1 atom stereocenters. The number of hydrogen-bond donors (Lipinski definition) is 2. The zero-order valence-electron chi connectivity index (χ0n) is 16.3. The second-order valence-corrected chi connectivity index (χ2v) is 7.09. The van der Waals surface area contributed by atoms with E-state index in [0.717, 1.165) is 17.5 Å². The summed E-state index contributed by atoms with van der Waals surface area (Å²) in [6, 6.07) is 13.8. The summed E-state index contributed by atoms with van der Waals surface area (Å²) in [5.74, 6) is 0.146. The Morgan fingerprint density at radius 3 is 2.69 bits per heavy atom. The minimum atomic E-state index is -0.618. The molecule has 0 fully saturated rings. The van der Waals surface area contributed by atoms with Crippen molar-refractivity contribution in [2.45, 2.75) is 32.4 Å². The quantitative estimate of drug-likeness (QED) is 0.654. The molecule has 3 rings (SSSR count). The van der Waals surface area contributed by atoms with Crippen molar-refractivity contribution in [1.29, 1.82) is 0 Å².